The molecule has 11 heavy (non-hydrogen) atoms. The molecule has 0 rings (SSSR count). The van der Waals surface area contributed by atoms with Crippen molar-refractivity contribution in [3.63, 3.8) is 0 Å². The van der Waals surface area contributed by atoms with Crippen LogP contribution in [0.1, 0.15) is 27.2 Å². The minimum atomic E-state index is -0.384. The molecule has 0 aliphatic carbocycles. The maximum atomic E-state index is 10.5. The molecule has 62 valence electrons. The van der Waals surface area contributed by atoms with Gasteiger partial charge in [-0.3, -0.25) is 4.79 Å². The van der Waals surface area contributed by atoms with E-state index in [0.29, 0.717) is 5.57 Å². The Hall–Kier alpha value is -0.560. The smallest absolute Gasteiger partial charge is 0.248 e. The number of hydrogen-bond donors (Lipinski definition) is 0. The third-order valence-electron chi connectivity index (χ3n) is 1.49. The van der Waals surface area contributed by atoms with Gasteiger partial charge in [0.2, 0.25) is 5.24 Å². The fourth-order valence-electron chi connectivity index (χ4n) is 0.451. The summed E-state index contributed by atoms with van der Waals surface area (Å²) >= 11 is 5.22. The van der Waals surface area contributed by atoms with Crippen LogP contribution in [0.25, 0.3) is 0 Å². The van der Waals surface area contributed by atoms with Crippen molar-refractivity contribution in [2.45, 2.75) is 27.2 Å². The lowest BCUT2D eigenvalue weighted by atomic mass is 10.2. The zero-order valence-electron chi connectivity index (χ0n) is 7.15. The van der Waals surface area contributed by atoms with Gasteiger partial charge in [0.25, 0.3) is 0 Å². The normalized spacial score (nSPS) is 13.5. The van der Waals surface area contributed by atoms with Crippen LogP contribution in [0, 0.1) is 0 Å². The van der Waals surface area contributed by atoms with Crippen molar-refractivity contribution in [2.75, 3.05) is 0 Å². The summed E-state index contributed by atoms with van der Waals surface area (Å²) in [6, 6.07) is 0. The first-order chi connectivity index (χ1) is 5.07. The molecule has 0 radical (unpaired) electrons. The Morgan fingerprint density at radius 1 is 1.36 bits per heavy atom. The van der Waals surface area contributed by atoms with Crippen molar-refractivity contribution in [1.29, 1.82) is 0 Å². The fraction of sp³-hybridized carbons (Fsp3) is 0.444. The molecule has 0 spiro atoms. The van der Waals surface area contributed by atoms with Crippen LogP contribution in [0.3, 0.4) is 0 Å². The molecule has 0 unspecified atom stereocenters. The maximum absolute atomic E-state index is 10.5. The van der Waals surface area contributed by atoms with Crippen LogP contribution in [0.5, 0.6) is 0 Å². The van der Waals surface area contributed by atoms with Crippen LogP contribution >= 0.6 is 11.6 Å². The molecule has 0 aromatic rings. The standard InChI is InChI=1S/C9H13ClO/c1-4-7(2)5-6-8(3)9(10)11/h5-6H,4H2,1-3H3. The van der Waals surface area contributed by atoms with Crippen molar-refractivity contribution < 1.29 is 4.79 Å². The van der Waals surface area contributed by atoms with Crippen molar-refractivity contribution in [2.24, 2.45) is 0 Å². The molecule has 0 bridgehead atoms. The number of carbonyl (C=O) groups excluding carboxylic acids is 1. The summed E-state index contributed by atoms with van der Waals surface area (Å²) in [4.78, 5) is 10.5. The van der Waals surface area contributed by atoms with Crippen molar-refractivity contribution in [3.8, 4) is 0 Å². The van der Waals surface area contributed by atoms with Gasteiger partial charge in [-0.05, 0) is 31.9 Å². The van der Waals surface area contributed by atoms with Crippen LogP contribution in [-0.2, 0) is 4.79 Å². The fourth-order valence-corrected chi connectivity index (χ4v) is 0.514. The Kier molecular flexibility index (Phi) is 4.88. The SMILES string of the molecule is CCC(C)=CC=C(C)C(=O)Cl. The maximum Gasteiger partial charge on any atom is 0.248 e. The van der Waals surface area contributed by atoms with E-state index in [2.05, 4.69) is 6.92 Å². The van der Waals surface area contributed by atoms with Crippen LogP contribution in [0.4, 0.5) is 0 Å². The molecule has 0 atom stereocenters. The van der Waals surface area contributed by atoms with Gasteiger partial charge >= 0.3 is 0 Å². The van der Waals surface area contributed by atoms with Crippen LogP contribution < -0.4 is 0 Å². The van der Waals surface area contributed by atoms with Gasteiger partial charge in [0, 0.05) is 5.57 Å². The first-order valence-electron chi connectivity index (χ1n) is 3.61. The van der Waals surface area contributed by atoms with E-state index in [9.17, 15) is 4.79 Å². The van der Waals surface area contributed by atoms with Crippen molar-refractivity contribution in [1.82, 2.24) is 0 Å². The zero-order chi connectivity index (χ0) is 8.85. The van der Waals surface area contributed by atoms with Gasteiger partial charge < -0.3 is 0 Å². The molecule has 0 heterocycles. The average molecular weight is 173 g/mol. The first kappa shape index (κ1) is 10.4. The molecule has 0 aromatic heterocycles. The third-order valence-corrected chi connectivity index (χ3v) is 1.78. The second-order valence-corrected chi connectivity index (χ2v) is 2.83. The molecular formula is C9H13ClO. The molecule has 2 heteroatoms. The number of carbonyl (C=O) groups is 1. The van der Waals surface area contributed by atoms with Gasteiger partial charge in [-0.1, -0.05) is 24.6 Å². The molecule has 0 saturated carbocycles. The van der Waals surface area contributed by atoms with Gasteiger partial charge in [-0.15, -0.1) is 0 Å². The molecule has 1 nitrogen and oxygen atoms in total. The van der Waals surface area contributed by atoms with E-state index in [1.165, 1.54) is 5.57 Å². The highest BCUT2D eigenvalue weighted by molar-refractivity contribution is 6.67. The highest BCUT2D eigenvalue weighted by atomic mass is 35.5. The van der Waals surface area contributed by atoms with Gasteiger partial charge in [-0.2, -0.15) is 0 Å². The van der Waals surface area contributed by atoms with E-state index < -0.39 is 0 Å². The Bertz CT molecular complexity index is 202. The summed E-state index contributed by atoms with van der Waals surface area (Å²) in [6.07, 6.45) is 4.66. The molecule has 0 saturated heterocycles. The second-order valence-electron chi connectivity index (χ2n) is 2.49. The highest BCUT2D eigenvalue weighted by Gasteiger charge is 1.95. The van der Waals surface area contributed by atoms with E-state index in [4.69, 9.17) is 11.6 Å². The quantitative estimate of drug-likeness (QED) is 0.363. The van der Waals surface area contributed by atoms with E-state index in [-0.39, 0.29) is 5.24 Å². The number of halogens is 1. The molecular weight excluding hydrogens is 160 g/mol. The topological polar surface area (TPSA) is 17.1 Å². The van der Waals surface area contributed by atoms with E-state index in [0.717, 1.165) is 6.42 Å². The summed E-state index contributed by atoms with van der Waals surface area (Å²) in [5.41, 5.74) is 1.82. The Labute approximate surface area is 72.7 Å². The Morgan fingerprint density at radius 2 is 1.91 bits per heavy atom. The summed E-state index contributed by atoms with van der Waals surface area (Å²) in [5, 5.41) is -0.384. The number of hydrogen-bond acceptors (Lipinski definition) is 1. The van der Waals surface area contributed by atoms with E-state index >= 15 is 0 Å². The summed E-state index contributed by atoms with van der Waals surface area (Å²) in [6.45, 7) is 5.79. The van der Waals surface area contributed by atoms with E-state index in [1.54, 1.807) is 13.0 Å². The number of rotatable bonds is 3. The first-order valence-corrected chi connectivity index (χ1v) is 3.99. The number of allylic oxidation sites excluding steroid dienone is 4. The Balaban J connectivity index is 4.22. The van der Waals surface area contributed by atoms with Crippen LogP contribution in [-0.4, -0.2) is 5.24 Å². The van der Waals surface area contributed by atoms with Crippen LogP contribution in [0.15, 0.2) is 23.3 Å². The largest absolute Gasteiger partial charge is 0.276 e. The molecule has 0 fully saturated rings. The molecule has 0 aliphatic heterocycles. The predicted octanol–water partition coefficient (Wildman–Crippen LogP) is 3.05. The lowest BCUT2D eigenvalue weighted by Gasteiger charge is -1.91. The molecule has 0 amide bonds. The lowest BCUT2D eigenvalue weighted by Crippen LogP contribution is -1.85. The molecule has 0 aromatic carbocycles. The Morgan fingerprint density at radius 3 is 2.27 bits per heavy atom. The minimum Gasteiger partial charge on any atom is -0.276 e. The lowest BCUT2D eigenvalue weighted by molar-refractivity contribution is -0.108. The minimum absolute atomic E-state index is 0.384. The summed E-state index contributed by atoms with van der Waals surface area (Å²) < 4.78 is 0. The summed E-state index contributed by atoms with van der Waals surface area (Å²) in [7, 11) is 0. The molecule has 0 N–H and O–H groups in total. The van der Waals surface area contributed by atoms with Crippen molar-refractivity contribution >= 4 is 16.8 Å². The third kappa shape index (κ3) is 4.79. The predicted molar refractivity (Wildman–Crippen MR) is 48.7 cm³/mol. The monoisotopic (exact) mass is 172 g/mol. The van der Waals surface area contributed by atoms with E-state index in [1.807, 2.05) is 13.0 Å². The van der Waals surface area contributed by atoms with Crippen LogP contribution in [0.2, 0.25) is 0 Å². The average Bonchev–Trinajstić information content (AvgIpc) is 1.99. The van der Waals surface area contributed by atoms with Gasteiger partial charge in [0.05, 0.1) is 0 Å². The summed E-state index contributed by atoms with van der Waals surface area (Å²) in [5.74, 6) is 0. The molecule has 0 aliphatic rings. The zero-order valence-corrected chi connectivity index (χ0v) is 7.90. The van der Waals surface area contributed by atoms with Gasteiger partial charge in [0.15, 0.2) is 0 Å². The van der Waals surface area contributed by atoms with Crippen molar-refractivity contribution in [3.05, 3.63) is 23.3 Å². The highest BCUT2D eigenvalue weighted by Crippen LogP contribution is 2.03. The van der Waals surface area contributed by atoms with Gasteiger partial charge in [-0.25, -0.2) is 0 Å². The second kappa shape index (κ2) is 5.14. The van der Waals surface area contributed by atoms with Gasteiger partial charge in [0.1, 0.15) is 0 Å².